The van der Waals surface area contributed by atoms with E-state index < -0.39 is 34.0 Å². The van der Waals surface area contributed by atoms with Crippen molar-refractivity contribution in [1.82, 2.24) is 0 Å². The molecule has 0 amide bonds. The monoisotopic (exact) mass is 295 g/mol. The zero-order chi connectivity index (χ0) is 15.6. The van der Waals surface area contributed by atoms with Gasteiger partial charge in [0.25, 0.3) is 0 Å². The number of nitro benzene ring substituents is 1. The summed E-state index contributed by atoms with van der Waals surface area (Å²) in [5, 5.41) is 19.2. The van der Waals surface area contributed by atoms with Gasteiger partial charge in [-0.2, -0.15) is 4.39 Å². The summed E-state index contributed by atoms with van der Waals surface area (Å²) in [5.74, 6) is -3.97. The molecular weight excluding hydrogens is 288 g/mol. The van der Waals surface area contributed by atoms with Crippen molar-refractivity contribution in [3.05, 3.63) is 63.7 Å². The topological polar surface area (TPSA) is 89.7 Å². The van der Waals surface area contributed by atoms with E-state index in [-0.39, 0.29) is 11.3 Å². The SMILES string of the molecule is O=C(O)c1ccc(Oc2cc(F)c([N+](=O)[O-])cc2F)cc1. The Morgan fingerprint density at radius 2 is 1.76 bits per heavy atom. The van der Waals surface area contributed by atoms with Crippen LogP contribution in [0.3, 0.4) is 0 Å². The molecular formula is C13H7F2NO5. The molecule has 0 heterocycles. The molecule has 0 unspecified atom stereocenters. The molecule has 0 radical (unpaired) electrons. The third kappa shape index (κ3) is 3.11. The van der Waals surface area contributed by atoms with Crippen LogP contribution in [0.4, 0.5) is 14.5 Å². The lowest BCUT2D eigenvalue weighted by atomic mass is 10.2. The first-order chi connectivity index (χ1) is 9.88. The van der Waals surface area contributed by atoms with Crippen molar-refractivity contribution < 1.29 is 28.3 Å². The van der Waals surface area contributed by atoms with E-state index >= 15 is 0 Å². The molecule has 0 saturated heterocycles. The van der Waals surface area contributed by atoms with E-state index in [4.69, 9.17) is 9.84 Å². The molecule has 2 aromatic rings. The summed E-state index contributed by atoms with van der Waals surface area (Å²) in [6.45, 7) is 0. The number of carboxylic acids is 1. The highest BCUT2D eigenvalue weighted by Crippen LogP contribution is 2.30. The highest BCUT2D eigenvalue weighted by Gasteiger charge is 2.19. The minimum absolute atomic E-state index is 0.00213. The summed E-state index contributed by atoms with van der Waals surface area (Å²) >= 11 is 0. The van der Waals surface area contributed by atoms with Gasteiger partial charge in [-0.05, 0) is 24.3 Å². The highest BCUT2D eigenvalue weighted by molar-refractivity contribution is 5.87. The fraction of sp³-hybridized carbons (Fsp3) is 0. The lowest BCUT2D eigenvalue weighted by Crippen LogP contribution is -1.97. The second-order valence-corrected chi connectivity index (χ2v) is 3.92. The number of ether oxygens (including phenoxy) is 1. The van der Waals surface area contributed by atoms with Gasteiger partial charge in [0.05, 0.1) is 16.6 Å². The van der Waals surface area contributed by atoms with Crippen LogP contribution >= 0.6 is 0 Å². The molecule has 0 aromatic heterocycles. The Hall–Kier alpha value is -3.03. The van der Waals surface area contributed by atoms with Crippen molar-refractivity contribution in [2.45, 2.75) is 0 Å². The minimum Gasteiger partial charge on any atom is -0.478 e. The van der Waals surface area contributed by atoms with Gasteiger partial charge in [0.15, 0.2) is 11.6 Å². The van der Waals surface area contributed by atoms with Gasteiger partial charge < -0.3 is 9.84 Å². The molecule has 21 heavy (non-hydrogen) atoms. The Kier molecular flexibility index (Phi) is 3.79. The first-order valence-electron chi connectivity index (χ1n) is 5.53. The largest absolute Gasteiger partial charge is 0.478 e. The molecule has 2 aromatic carbocycles. The number of carbonyl (C=O) groups is 1. The Bertz CT molecular complexity index is 715. The summed E-state index contributed by atoms with van der Waals surface area (Å²) in [6, 6.07) is 5.91. The molecule has 0 aliphatic rings. The van der Waals surface area contributed by atoms with Crippen molar-refractivity contribution in [3.8, 4) is 11.5 Å². The number of aromatic carboxylic acids is 1. The number of nitro groups is 1. The van der Waals surface area contributed by atoms with Gasteiger partial charge in [-0.3, -0.25) is 10.1 Å². The van der Waals surface area contributed by atoms with E-state index in [0.717, 1.165) is 0 Å². The van der Waals surface area contributed by atoms with Gasteiger partial charge in [-0.15, -0.1) is 0 Å². The quantitative estimate of drug-likeness (QED) is 0.690. The molecule has 0 fully saturated rings. The van der Waals surface area contributed by atoms with Gasteiger partial charge in [0.1, 0.15) is 5.75 Å². The normalized spacial score (nSPS) is 10.2. The lowest BCUT2D eigenvalue weighted by molar-refractivity contribution is -0.387. The first-order valence-corrected chi connectivity index (χ1v) is 5.53. The Labute approximate surface area is 116 Å². The number of rotatable bonds is 4. The maximum Gasteiger partial charge on any atom is 0.335 e. The maximum absolute atomic E-state index is 13.6. The second-order valence-electron chi connectivity index (χ2n) is 3.92. The summed E-state index contributed by atoms with van der Waals surface area (Å²) in [4.78, 5) is 20.1. The molecule has 0 bridgehead atoms. The van der Waals surface area contributed by atoms with E-state index in [1.54, 1.807) is 0 Å². The van der Waals surface area contributed by atoms with E-state index in [0.29, 0.717) is 12.1 Å². The van der Waals surface area contributed by atoms with Crippen LogP contribution in [0.5, 0.6) is 11.5 Å². The Balaban J connectivity index is 2.29. The van der Waals surface area contributed by atoms with Gasteiger partial charge in [-0.25, -0.2) is 9.18 Å². The summed E-state index contributed by atoms with van der Waals surface area (Å²) in [5.41, 5.74) is -1.00. The van der Waals surface area contributed by atoms with E-state index in [9.17, 15) is 23.7 Å². The van der Waals surface area contributed by atoms with Crippen molar-refractivity contribution >= 4 is 11.7 Å². The van der Waals surface area contributed by atoms with Crippen LogP contribution < -0.4 is 4.74 Å². The average Bonchev–Trinajstić information content (AvgIpc) is 2.42. The standard InChI is InChI=1S/C13H7F2NO5/c14-9-6-12(10(15)5-11(9)16(19)20)21-8-3-1-7(2-4-8)13(17)18/h1-6H,(H,17,18). The third-order valence-corrected chi connectivity index (χ3v) is 2.53. The van der Waals surface area contributed by atoms with Gasteiger partial charge in [0.2, 0.25) is 5.82 Å². The molecule has 2 rings (SSSR count). The van der Waals surface area contributed by atoms with Crippen LogP contribution in [0.15, 0.2) is 36.4 Å². The van der Waals surface area contributed by atoms with Crippen LogP contribution in [0.1, 0.15) is 10.4 Å². The molecule has 0 spiro atoms. The van der Waals surface area contributed by atoms with Crippen molar-refractivity contribution in [3.63, 3.8) is 0 Å². The number of hydrogen-bond acceptors (Lipinski definition) is 4. The van der Waals surface area contributed by atoms with Crippen molar-refractivity contribution in [1.29, 1.82) is 0 Å². The maximum atomic E-state index is 13.6. The third-order valence-electron chi connectivity index (χ3n) is 2.53. The van der Waals surface area contributed by atoms with Crippen molar-refractivity contribution in [2.24, 2.45) is 0 Å². The molecule has 0 atom stereocenters. The summed E-state index contributed by atoms with van der Waals surface area (Å²) in [6.07, 6.45) is 0. The Morgan fingerprint density at radius 1 is 1.14 bits per heavy atom. The fourth-order valence-corrected chi connectivity index (χ4v) is 1.53. The molecule has 0 aliphatic heterocycles. The second kappa shape index (κ2) is 5.53. The van der Waals surface area contributed by atoms with Crippen LogP contribution in [-0.2, 0) is 0 Å². The number of hydrogen-bond donors (Lipinski definition) is 1. The average molecular weight is 295 g/mol. The number of benzene rings is 2. The van der Waals surface area contributed by atoms with E-state index in [1.807, 2.05) is 0 Å². The fourth-order valence-electron chi connectivity index (χ4n) is 1.53. The summed E-state index contributed by atoms with van der Waals surface area (Å²) in [7, 11) is 0. The van der Waals surface area contributed by atoms with Crippen LogP contribution in [0, 0.1) is 21.7 Å². The van der Waals surface area contributed by atoms with Gasteiger partial charge in [-0.1, -0.05) is 0 Å². The molecule has 0 aliphatic carbocycles. The van der Waals surface area contributed by atoms with Gasteiger partial charge in [0, 0.05) is 6.07 Å². The molecule has 8 heteroatoms. The molecule has 108 valence electrons. The number of halogens is 2. The van der Waals surface area contributed by atoms with Crippen molar-refractivity contribution in [2.75, 3.05) is 0 Å². The summed E-state index contributed by atoms with van der Waals surface area (Å²) < 4.78 is 32.0. The van der Waals surface area contributed by atoms with Crippen LogP contribution in [-0.4, -0.2) is 16.0 Å². The molecule has 0 saturated carbocycles. The smallest absolute Gasteiger partial charge is 0.335 e. The van der Waals surface area contributed by atoms with Crippen LogP contribution in [0.2, 0.25) is 0 Å². The molecule has 6 nitrogen and oxygen atoms in total. The number of carboxylic acid groups (broad SMARTS) is 1. The minimum atomic E-state index is -1.24. The predicted molar refractivity (Wildman–Crippen MR) is 66.5 cm³/mol. The molecule has 1 N–H and O–H groups in total. The first kappa shape index (κ1) is 14.4. The zero-order valence-electron chi connectivity index (χ0n) is 10.2. The lowest BCUT2D eigenvalue weighted by Gasteiger charge is -2.07. The zero-order valence-corrected chi connectivity index (χ0v) is 10.2. The predicted octanol–water partition coefficient (Wildman–Crippen LogP) is 3.36. The Morgan fingerprint density at radius 3 is 2.29 bits per heavy atom. The van der Waals surface area contributed by atoms with Gasteiger partial charge >= 0.3 is 11.7 Å². The van der Waals surface area contributed by atoms with Crippen LogP contribution in [0.25, 0.3) is 0 Å². The van der Waals surface area contributed by atoms with E-state index in [1.165, 1.54) is 24.3 Å². The highest BCUT2D eigenvalue weighted by atomic mass is 19.1. The number of nitrogens with zero attached hydrogens (tertiary/aromatic N) is 1. The van der Waals surface area contributed by atoms with E-state index in [2.05, 4.69) is 0 Å².